The number of hydrogen-bond donors (Lipinski definition) is 1. The lowest BCUT2D eigenvalue weighted by Crippen LogP contribution is -2.25. The topological polar surface area (TPSA) is 67.9 Å². The Labute approximate surface area is 153 Å². The highest BCUT2D eigenvalue weighted by atomic mass is 19.4. The molecule has 0 aliphatic rings. The lowest BCUT2D eigenvalue weighted by atomic mass is 10.2. The maximum absolute atomic E-state index is 12.6. The van der Waals surface area contributed by atoms with Gasteiger partial charge in [0.1, 0.15) is 5.75 Å². The summed E-state index contributed by atoms with van der Waals surface area (Å²) in [5, 5.41) is 2.55. The second-order valence-electron chi connectivity index (χ2n) is 5.44. The minimum atomic E-state index is -4.49. The monoisotopic (exact) mass is 382 g/mol. The van der Waals surface area contributed by atoms with Crippen LogP contribution in [-0.4, -0.2) is 32.8 Å². The first-order valence-corrected chi connectivity index (χ1v) is 7.72. The molecule has 0 unspecified atom stereocenters. The number of methoxy groups -OCH3 is 1. The quantitative estimate of drug-likeness (QED) is 0.851. The van der Waals surface area contributed by atoms with Crippen molar-refractivity contribution in [2.45, 2.75) is 6.18 Å². The van der Waals surface area contributed by atoms with Crippen LogP contribution >= 0.6 is 0 Å². The second kappa shape index (κ2) is 8.43. The minimum Gasteiger partial charge on any atom is -0.484 e. The number of rotatable bonds is 5. The summed E-state index contributed by atoms with van der Waals surface area (Å²) < 4.78 is 47.6. The van der Waals surface area contributed by atoms with E-state index in [-0.39, 0.29) is 5.75 Å². The molecule has 2 aromatic rings. The predicted octanol–water partition coefficient (Wildman–Crippen LogP) is 3.93. The van der Waals surface area contributed by atoms with Crippen molar-refractivity contribution in [1.29, 1.82) is 0 Å². The van der Waals surface area contributed by atoms with Crippen molar-refractivity contribution in [1.82, 2.24) is 0 Å². The van der Waals surface area contributed by atoms with Crippen LogP contribution in [0.25, 0.3) is 0 Å². The average molecular weight is 382 g/mol. The van der Waals surface area contributed by atoms with Gasteiger partial charge in [0.05, 0.1) is 12.7 Å². The second-order valence-corrected chi connectivity index (χ2v) is 5.44. The van der Waals surface area contributed by atoms with Crippen LogP contribution in [0.3, 0.4) is 0 Å². The van der Waals surface area contributed by atoms with Crippen LogP contribution < -0.4 is 15.0 Å². The van der Waals surface area contributed by atoms with Crippen molar-refractivity contribution in [2.75, 3.05) is 31.0 Å². The molecule has 1 N–H and O–H groups in total. The van der Waals surface area contributed by atoms with Crippen LogP contribution in [0.1, 0.15) is 5.56 Å². The fourth-order valence-electron chi connectivity index (χ4n) is 2.12. The van der Waals surface area contributed by atoms with Gasteiger partial charge in [0.15, 0.2) is 6.61 Å². The standard InChI is InChI=1S/C18H17F3N2O4/c1-23(17(25)26-2)14-8-6-13(7-9-14)22-16(24)11-27-15-5-3-4-12(10-15)18(19,20)21/h3-10H,11H2,1-2H3,(H,22,24). The summed E-state index contributed by atoms with van der Waals surface area (Å²) >= 11 is 0. The Bertz CT molecular complexity index is 807. The highest BCUT2D eigenvalue weighted by Gasteiger charge is 2.30. The molecule has 2 rings (SSSR count). The van der Waals surface area contributed by atoms with Crippen LogP contribution in [-0.2, 0) is 15.7 Å². The fraction of sp³-hybridized carbons (Fsp3) is 0.222. The molecule has 2 amide bonds. The molecule has 6 nitrogen and oxygen atoms in total. The number of ether oxygens (including phenoxy) is 2. The van der Waals surface area contributed by atoms with E-state index >= 15 is 0 Å². The Hall–Kier alpha value is -3.23. The van der Waals surface area contributed by atoms with Crippen LogP contribution in [0, 0.1) is 0 Å². The Morgan fingerprint density at radius 2 is 1.78 bits per heavy atom. The maximum Gasteiger partial charge on any atom is 0.416 e. The third kappa shape index (κ3) is 5.63. The summed E-state index contributed by atoms with van der Waals surface area (Å²) in [6.07, 6.45) is -5.03. The van der Waals surface area contributed by atoms with Gasteiger partial charge in [-0.1, -0.05) is 6.07 Å². The van der Waals surface area contributed by atoms with Gasteiger partial charge in [0.25, 0.3) is 5.91 Å². The first-order valence-electron chi connectivity index (χ1n) is 7.72. The Morgan fingerprint density at radius 3 is 2.37 bits per heavy atom. The number of carbonyl (C=O) groups excluding carboxylic acids is 2. The largest absolute Gasteiger partial charge is 0.484 e. The smallest absolute Gasteiger partial charge is 0.416 e. The molecule has 0 saturated heterocycles. The highest BCUT2D eigenvalue weighted by Crippen LogP contribution is 2.31. The van der Waals surface area contributed by atoms with Gasteiger partial charge in [-0.15, -0.1) is 0 Å². The van der Waals surface area contributed by atoms with Crippen LogP contribution in [0.2, 0.25) is 0 Å². The highest BCUT2D eigenvalue weighted by molar-refractivity contribution is 5.92. The molecule has 2 aromatic carbocycles. The third-order valence-electron chi connectivity index (χ3n) is 3.52. The average Bonchev–Trinajstić information content (AvgIpc) is 2.65. The van der Waals surface area contributed by atoms with Crippen molar-refractivity contribution in [3.63, 3.8) is 0 Å². The summed E-state index contributed by atoms with van der Waals surface area (Å²) in [7, 11) is 2.79. The van der Waals surface area contributed by atoms with Crippen LogP contribution in [0.5, 0.6) is 5.75 Å². The lowest BCUT2D eigenvalue weighted by Gasteiger charge is -2.16. The molecular formula is C18H17F3N2O4. The molecule has 0 radical (unpaired) electrons. The number of amides is 2. The predicted molar refractivity (Wildman–Crippen MR) is 92.8 cm³/mol. The molecule has 9 heteroatoms. The molecule has 0 aliphatic heterocycles. The van der Waals surface area contributed by atoms with Crippen molar-refractivity contribution in [2.24, 2.45) is 0 Å². The normalized spacial score (nSPS) is 10.9. The van der Waals surface area contributed by atoms with Crippen molar-refractivity contribution < 1.29 is 32.2 Å². The zero-order valence-electron chi connectivity index (χ0n) is 14.5. The summed E-state index contributed by atoms with van der Waals surface area (Å²) in [5.41, 5.74) is 0.139. The van der Waals surface area contributed by atoms with Gasteiger partial charge in [0, 0.05) is 18.4 Å². The molecule has 0 fully saturated rings. The van der Waals surface area contributed by atoms with Crippen molar-refractivity contribution in [3.05, 3.63) is 54.1 Å². The minimum absolute atomic E-state index is 0.0602. The van der Waals surface area contributed by atoms with Crippen LogP contribution in [0.4, 0.5) is 29.3 Å². The number of carbonyl (C=O) groups is 2. The molecule has 27 heavy (non-hydrogen) atoms. The first kappa shape index (κ1) is 20.1. The lowest BCUT2D eigenvalue weighted by molar-refractivity contribution is -0.137. The van der Waals surface area contributed by atoms with E-state index in [2.05, 4.69) is 10.1 Å². The molecule has 0 aliphatic carbocycles. The number of hydrogen-bond acceptors (Lipinski definition) is 4. The third-order valence-corrected chi connectivity index (χ3v) is 3.52. The van der Waals surface area contributed by atoms with Gasteiger partial charge >= 0.3 is 12.3 Å². The van der Waals surface area contributed by atoms with E-state index in [1.54, 1.807) is 24.3 Å². The SMILES string of the molecule is COC(=O)N(C)c1ccc(NC(=O)COc2cccc(C(F)(F)F)c2)cc1. The Balaban J connectivity index is 1.92. The number of halogens is 3. The van der Waals surface area contributed by atoms with E-state index in [0.29, 0.717) is 11.4 Å². The number of benzene rings is 2. The Morgan fingerprint density at radius 1 is 1.11 bits per heavy atom. The van der Waals surface area contributed by atoms with Gasteiger partial charge < -0.3 is 14.8 Å². The summed E-state index contributed by atoms with van der Waals surface area (Å²) in [6.45, 7) is -0.453. The molecule has 0 spiro atoms. The van der Waals surface area contributed by atoms with E-state index in [9.17, 15) is 22.8 Å². The van der Waals surface area contributed by atoms with Crippen molar-refractivity contribution in [3.8, 4) is 5.75 Å². The zero-order valence-corrected chi connectivity index (χ0v) is 14.5. The van der Waals surface area contributed by atoms with Gasteiger partial charge in [-0.3, -0.25) is 9.69 Å². The maximum atomic E-state index is 12.6. The van der Waals surface area contributed by atoms with Crippen LogP contribution in [0.15, 0.2) is 48.5 Å². The van der Waals surface area contributed by atoms with E-state index in [1.807, 2.05) is 0 Å². The number of nitrogens with one attached hydrogen (secondary N) is 1. The summed E-state index contributed by atoms with van der Waals surface area (Å²) in [4.78, 5) is 24.6. The molecule has 144 valence electrons. The van der Waals surface area contributed by atoms with Gasteiger partial charge in [-0.25, -0.2) is 4.79 Å². The first-order chi connectivity index (χ1) is 12.7. The van der Waals surface area contributed by atoms with E-state index in [1.165, 1.54) is 31.2 Å². The molecule has 0 saturated carbocycles. The van der Waals surface area contributed by atoms with E-state index < -0.39 is 30.3 Å². The Kier molecular flexibility index (Phi) is 6.27. The zero-order chi connectivity index (χ0) is 20.0. The number of nitrogens with zero attached hydrogens (tertiary/aromatic N) is 1. The number of anilines is 2. The van der Waals surface area contributed by atoms with E-state index in [4.69, 9.17) is 4.74 Å². The fourth-order valence-corrected chi connectivity index (χ4v) is 2.12. The van der Waals surface area contributed by atoms with Crippen molar-refractivity contribution >= 4 is 23.4 Å². The molecular weight excluding hydrogens is 365 g/mol. The summed E-state index contributed by atoms with van der Waals surface area (Å²) in [5.74, 6) is -0.600. The van der Waals surface area contributed by atoms with E-state index in [0.717, 1.165) is 12.1 Å². The van der Waals surface area contributed by atoms with Gasteiger partial charge in [-0.2, -0.15) is 13.2 Å². The molecule has 0 heterocycles. The molecule has 0 aromatic heterocycles. The number of alkyl halides is 3. The van der Waals surface area contributed by atoms with Gasteiger partial charge in [0.2, 0.25) is 0 Å². The summed E-state index contributed by atoms with van der Waals surface area (Å²) in [6, 6.07) is 10.6. The molecule has 0 atom stereocenters. The van der Waals surface area contributed by atoms with Gasteiger partial charge in [-0.05, 0) is 42.5 Å². The molecule has 0 bridgehead atoms.